The van der Waals surface area contributed by atoms with Crippen molar-refractivity contribution in [2.24, 2.45) is 0 Å². The minimum absolute atomic E-state index is 0.240. The van der Waals surface area contributed by atoms with E-state index in [4.69, 9.17) is 0 Å². The Morgan fingerprint density at radius 3 is 2.57 bits per heavy atom. The molecule has 0 spiro atoms. The molecule has 6 heteroatoms. The number of aromatic nitrogens is 1. The number of carbonyl (C=O) groups excluding carboxylic acids is 2. The van der Waals surface area contributed by atoms with Gasteiger partial charge in [0.1, 0.15) is 5.69 Å². The van der Waals surface area contributed by atoms with Gasteiger partial charge in [0, 0.05) is 28.5 Å². The van der Waals surface area contributed by atoms with E-state index in [9.17, 15) is 9.59 Å². The molecule has 0 fully saturated rings. The minimum Gasteiger partial charge on any atom is -0.351 e. The number of carbonyl (C=O) groups is 2. The third-order valence-electron chi connectivity index (χ3n) is 3.17. The summed E-state index contributed by atoms with van der Waals surface area (Å²) in [6.45, 7) is 2.66. The normalized spacial score (nSPS) is 10.2. The van der Waals surface area contributed by atoms with Crippen LogP contribution in [-0.4, -0.2) is 23.3 Å². The molecule has 1 aromatic heterocycles. The summed E-state index contributed by atoms with van der Waals surface area (Å²) in [5, 5.41) is 5.57. The summed E-state index contributed by atoms with van der Waals surface area (Å²) in [5.41, 5.74) is 1.32. The molecule has 5 nitrogen and oxygen atoms in total. The number of benzene rings is 1. The van der Waals surface area contributed by atoms with E-state index in [0.29, 0.717) is 17.8 Å². The predicted molar refractivity (Wildman–Crippen MR) is 93.6 cm³/mol. The molecule has 1 heterocycles. The fourth-order valence-electron chi connectivity index (χ4n) is 1.90. The Labute approximate surface area is 143 Å². The molecule has 0 aliphatic heterocycles. The van der Waals surface area contributed by atoms with Crippen LogP contribution >= 0.6 is 15.9 Å². The van der Waals surface area contributed by atoms with Gasteiger partial charge in [-0.1, -0.05) is 29.3 Å². The van der Waals surface area contributed by atoms with Gasteiger partial charge >= 0.3 is 0 Å². The van der Waals surface area contributed by atoms with E-state index >= 15 is 0 Å². The highest BCUT2D eigenvalue weighted by Gasteiger charge is 2.11. The molecule has 23 heavy (non-hydrogen) atoms. The molecule has 2 amide bonds. The number of halogens is 1. The second-order valence-corrected chi connectivity index (χ2v) is 5.92. The topological polar surface area (TPSA) is 71.1 Å². The van der Waals surface area contributed by atoms with Gasteiger partial charge in [-0.05, 0) is 42.8 Å². The Kier molecular flexibility index (Phi) is 6.29. The number of hydrogen-bond donors (Lipinski definition) is 2. The fraction of sp³-hybridized carbons (Fsp3) is 0.235. The first-order chi connectivity index (χ1) is 11.1. The van der Waals surface area contributed by atoms with Crippen molar-refractivity contribution in [3.63, 3.8) is 0 Å². The smallest absolute Gasteiger partial charge is 0.269 e. The lowest BCUT2D eigenvalue weighted by molar-refractivity contribution is 0.0948. The average molecular weight is 376 g/mol. The summed E-state index contributed by atoms with van der Waals surface area (Å²) in [6.07, 6.45) is 3.38. The van der Waals surface area contributed by atoms with Crippen LogP contribution in [-0.2, 0) is 0 Å². The Bertz CT molecular complexity index is 686. The average Bonchev–Trinajstić information content (AvgIpc) is 2.57. The van der Waals surface area contributed by atoms with Gasteiger partial charge in [-0.3, -0.25) is 14.6 Å². The van der Waals surface area contributed by atoms with E-state index in [0.717, 1.165) is 17.3 Å². The SMILES string of the molecule is CCCCNC(=O)c1cc(C(=O)Nc2ccc(Br)cc2)ccn1. The van der Waals surface area contributed by atoms with E-state index in [1.807, 2.05) is 12.1 Å². The van der Waals surface area contributed by atoms with Crippen LogP contribution in [0.25, 0.3) is 0 Å². The molecule has 0 radical (unpaired) electrons. The number of hydrogen-bond acceptors (Lipinski definition) is 3. The van der Waals surface area contributed by atoms with Crippen LogP contribution in [0.3, 0.4) is 0 Å². The van der Waals surface area contributed by atoms with E-state index in [-0.39, 0.29) is 17.5 Å². The third kappa shape index (κ3) is 5.17. The highest BCUT2D eigenvalue weighted by Crippen LogP contribution is 2.15. The maximum absolute atomic E-state index is 12.3. The van der Waals surface area contributed by atoms with Crippen LogP contribution in [0.5, 0.6) is 0 Å². The molecule has 120 valence electrons. The first-order valence-electron chi connectivity index (χ1n) is 7.41. The van der Waals surface area contributed by atoms with Crippen molar-refractivity contribution in [1.29, 1.82) is 0 Å². The summed E-state index contributed by atoms with van der Waals surface area (Å²) >= 11 is 3.34. The van der Waals surface area contributed by atoms with Crippen molar-refractivity contribution in [1.82, 2.24) is 10.3 Å². The van der Waals surface area contributed by atoms with Crippen molar-refractivity contribution < 1.29 is 9.59 Å². The lowest BCUT2D eigenvalue weighted by Crippen LogP contribution is -2.25. The second kappa shape index (κ2) is 8.43. The Morgan fingerprint density at radius 2 is 1.87 bits per heavy atom. The van der Waals surface area contributed by atoms with Crippen molar-refractivity contribution in [2.45, 2.75) is 19.8 Å². The van der Waals surface area contributed by atoms with Crippen LogP contribution in [0.2, 0.25) is 0 Å². The van der Waals surface area contributed by atoms with Crippen molar-refractivity contribution >= 4 is 33.4 Å². The van der Waals surface area contributed by atoms with Gasteiger partial charge in [-0.2, -0.15) is 0 Å². The standard InChI is InChI=1S/C17H18BrN3O2/c1-2-3-9-20-17(23)15-11-12(8-10-19-15)16(22)21-14-6-4-13(18)5-7-14/h4-8,10-11H,2-3,9H2,1H3,(H,20,23)(H,21,22). The van der Waals surface area contributed by atoms with Gasteiger partial charge in [0.05, 0.1) is 0 Å². The van der Waals surface area contributed by atoms with Gasteiger partial charge in [-0.25, -0.2) is 0 Å². The number of anilines is 1. The zero-order valence-corrected chi connectivity index (χ0v) is 14.4. The minimum atomic E-state index is -0.280. The Balaban J connectivity index is 2.04. The molecule has 0 unspecified atom stereocenters. The number of unbranched alkanes of at least 4 members (excludes halogenated alkanes) is 1. The number of nitrogens with one attached hydrogen (secondary N) is 2. The lowest BCUT2D eigenvalue weighted by atomic mass is 10.2. The highest BCUT2D eigenvalue weighted by atomic mass is 79.9. The zero-order valence-electron chi connectivity index (χ0n) is 12.8. The van der Waals surface area contributed by atoms with E-state index in [1.165, 1.54) is 12.3 Å². The maximum Gasteiger partial charge on any atom is 0.269 e. The highest BCUT2D eigenvalue weighted by molar-refractivity contribution is 9.10. The lowest BCUT2D eigenvalue weighted by Gasteiger charge is -2.07. The van der Waals surface area contributed by atoms with Crippen LogP contribution in [0, 0.1) is 0 Å². The summed E-state index contributed by atoms with van der Waals surface area (Å²) in [5.74, 6) is -0.547. The molecule has 0 aliphatic rings. The van der Waals surface area contributed by atoms with Crippen LogP contribution in [0.15, 0.2) is 47.1 Å². The van der Waals surface area contributed by atoms with Crippen molar-refractivity contribution in [3.05, 3.63) is 58.3 Å². The van der Waals surface area contributed by atoms with Crippen LogP contribution in [0.4, 0.5) is 5.69 Å². The quantitative estimate of drug-likeness (QED) is 0.757. The van der Waals surface area contributed by atoms with Gasteiger partial charge in [0.25, 0.3) is 11.8 Å². The van der Waals surface area contributed by atoms with E-state index in [2.05, 4.69) is 38.5 Å². The van der Waals surface area contributed by atoms with Gasteiger partial charge < -0.3 is 10.6 Å². The summed E-state index contributed by atoms with van der Waals surface area (Å²) in [7, 11) is 0. The first-order valence-corrected chi connectivity index (χ1v) is 8.20. The number of amides is 2. The summed E-state index contributed by atoms with van der Waals surface area (Å²) < 4.78 is 0.936. The molecule has 0 saturated heterocycles. The largest absolute Gasteiger partial charge is 0.351 e. The Hall–Kier alpha value is -2.21. The fourth-order valence-corrected chi connectivity index (χ4v) is 2.17. The molecule has 0 aliphatic carbocycles. The number of pyridine rings is 1. The zero-order chi connectivity index (χ0) is 16.7. The monoisotopic (exact) mass is 375 g/mol. The van der Waals surface area contributed by atoms with Crippen molar-refractivity contribution in [2.75, 3.05) is 11.9 Å². The molecule has 2 aromatic rings. The summed E-state index contributed by atoms with van der Waals surface area (Å²) in [4.78, 5) is 28.3. The molecule has 0 bridgehead atoms. The molecule has 2 rings (SSSR count). The molecule has 2 N–H and O–H groups in total. The Morgan fingerprint density at radius 1 is 1.13 bits per heavy atom. The predicted octanol–water partition coefficient (Wildman–Crippen LogP) is 3.63. The number of rotatable bonds is 6. The van der Waals surface area contributed by atoms with Gasteiger partial charge in [0.15, 0.2) is 0 Å². The third-order valence-corrected chi connectivity index (χ3v) is 3.70. The van der Waals surface area contributed by atoms with Crippen LogP contribution in [0.1, 0.15) is 40.6 Å². The van der Waals surface area contributed by atoms with Gasteiger partial charge in [0.2, 0.25) is 0 Å². The molecule has 1 aromatic carbocycles. The van der Waals surface area contributed by atoms with Crippen LogP contribution < -0.4 is 10.6 Å². The van der Waals surface area contributed by atoms with Crippen molar-refractivity contribution in [3.8, 4) is 0 Å². The van der Waals surface area contributed by atoms with Gasteiger partial charge in [-0.15, -0.1) is 0 Å². The maximum atomic E-state index is 12.3. The summed E-state index contributed by atoms with van der Waals surface area (Å²) in [6, 6.07) is 10.3. The second-order valence-electron chi connectivity index (χ2n) is 5.00. The molecule has 0 atom stereocenters. The number of nitrogens with zero attached hydrogens (tertiary/aromatic N) is 1. The van der Waals surface area contributed by atoms with E-state index in [1.54, 1.807) is 18.2 Å². The molecular weight excluding hydrogens is 358 g/mol. The first kappa shape index (κ1) is 17.1. The van der Waals surface area contributed by atoms with E-state index < -0.39 is 0 Å². The molecular formula is C17H18BrN3O2. The molecule has 0 saturated carbocycles.